The highest BCUT2D eigenvalue weighted by molar-refractivity contribution is 5.95. The predicted octanol–water partition coefficient (Wildman–Crippen LogP) is 4.60. The van der Waals surface area contributed by atoms with Crippen LogP contribution >= 0.6 is 0 Å². The number of likely N-dealkylation sites (N-methyl/N-ethyl adjacent to an activating group) is 1. The number of nitrogens with zero attached hydrogens (tertiary/aromatic N) is 2. The van der Waals surface area contributed by atoms with Crippen molar-refractivity contribution >= 4 is 17.5 Å². The highest BCUT2D eigenvalue weighted by Crippen LogP contribution is 2.45. The van der Waals surface area contributed by atoms with Crippen LogP contribution in [-0.4, -0.2) is 37.9 Å². The molecule has 1 aliphatic carbocycles. The number of ether oxygens (including phenoxy) is 1. The molecule has 1 heterocycles. The van der Waals surface area contributed by atoms with Gasteiger partial charge in [-0.05, 0) is 34.4 Å². The molecule has 1 N–H and O–H groups in total. The van der Waals surface area contributed by atoms with Crippen molar-refractivity contribution in [3.63, 3.8) is 0 Å². The molecule has 0 radical (unpaired) electrons. The van der Waals surface area contributed by atoms with E-state index in [2.05, 4.69) is 24.3 Å². The fourth-order valence-electron chi connectivity index (χ4n) is 4.47. The summed E-state index contributed by atoms with van der Waals surface area (Å²) < 4.78 is 5.80. The van der Waals surface area contributed by atoms with Crippen molar-refractivity contribution in [1.29, 1.82) is 0 Å². The van der Waals surface area contributed by atoms with Gasteiger partial charge in [0.1, 0.15) is 18.0 Å². The Labute approximate surface area is 169 Å². The minimum Gasteiger partial charge on any atom is -0.506 e. The van der Waals surface area contributed by atoms with E-state index >= 15 is 0 Å². The largest absolute Gasteiger partial charge is 0.506 e. The Bertz CT molecular complexity index is 1050. The fraction of sp³-hybridized carbons (Fsp3) is 0.208. The van der Waals surface area contributed by atoms with Gasteiger partial charge >= 0.3 is 6.09 Å². The van der Waals surface area contributed by atoms with Crippen LogP contribution in [0.1, 0.15) is 17.0 Å². The van der Waals surface area contributed by atoms with Crippen LogP contribution in [0.5, 0.6) is 5.75 Å². The normalized spacial score (nSPS) is 14.9. The molecule has 0 aromatic heterocycles. The molecule has 0 saturated heterocycles. The number of amides is 1. The zero-order valence-electron chi connectivity index (χ0n) is 16.2. The molecule has 1 aliphatic heterocycles. The summed E-state index contributed by atoms with van der Waals surface area (Å²) in [4.78, 5) is 16.5. The summed E-state index contributed by atoms with van der Waals surface area (Å²) >= 11 is 0. The molecule has 2 aliphatic rings. The molecule has 3 aromatic rings. The lowest BCUT2D eigenvalue weighted by Crippen LogP contribution is -2.43. The van der Waals surface area contributed by atoms with Crippen LogP contribution < -0.4 is 9.80 Å². The highest BCUT2D eigenvalue weighted by atomic mass is 16.6. The fourth-order valence-corrected chi connectivity index (χ4v) is 4.47. The van der Waals surface area contributed by atoms with E-state index in [1.54, 1.807) is 17.0 Å². The van der Waals surface area contributed by atoms with Crippen LogP contribution in [0, 0.1) is 0 Å². The van der Waals surface area contributed by atoms with Crippen molar-refractivity contribution in [3.8, 4) is 16.9 Å². The van der Waals surface area contributed by atoms with Crippen LogP contribution in [0.25, 0.3) is 11.1 Å². The SMILES string of the molecule is CN1CCN(C(=O)OCC2c3ccccc3-c3ccccc32)c2cccc(O)c21. The van der Waals surface area contributed by atoms with Gasteiger partial charge in [-0.25, -0.2) is 4.79 Å². The molecule has 0 bridgehead atoms. The van der Waals surface area contributed by atoms with Crippen LogP contribution in [0.3, 0.4) is 0 Å². The van der Waals surface area contributed by atoms with E-state index < -0.39 is 0 Å². The van der Waals surface area contributed by atoms with Gasteiger partial charge in [-0.3, -0.25) is 4.90 Å². The molecular formula is C24H22N2O3. The van der Waals surface area contributed by atoms with Crippen molar-refractivity contribution in [2.45, 2.75) is 5.92 Å². The molecular weight excluding hydrogens is 364 g/mol. The number of hydrogen-bond donors (Lipinski definition) is 1. The first-order chi connectivity index (χ1) is 14.1. The Hall–Kier alpha value is -3.47. The zero-order valence-corrected chi connectivity index (χ0v) is 16.2. The first kappa shape index (κ1) is 17.6. The van der Waals surface area contributed by atoms with E-state index in [1.165, 1.54) is 22.3 Å². The van der Waals surface area contributed by atoms with Crippen LogP contribution in [0.15, 0.2) is 66.7 Å². The number of phenolic OH excluding ortho intramolecular Hbond substituents is 1. The van der Waals surface area contributed by atoms with Gasteiger partial charge in [0, 0.05) is 26.1 Å². The average Bonchev–Trinajstić information content (AvgIpc) is 3.06. The number of aromatic hydroxyl groups is 1. The molecule has 29 heavy (non-hydrogen) atoms. The molecule has 5 nitrogen and oxygen atoms in total. The molecule has 5 rings (SSSR count). The van der Waals surface area contributed by atoms with E-state index in [4.69, 9.17) is 4.74 Å². The number of para-hydroxylation sites is 1. The summed E-state index contributed by atoms with van der Waals surface area (Å²) in [6, 6.07) is 21.8. The molecule has 0 unspecified atom stereocenters. The standard InChI is InChI=1S/C24H22N2O3/c1-25-13-14-26(21-11-6-12-22(27)23(21)25)24(28)29-15-20-18-9-4-2-7-16(18)17-8-3-5-10-19(17)20/h2-12,20,27H,13-15H2,1H3. The summed E-state index contributed by atoms with van der Waals surface area (Å²) in [5.74, 6) is 0.198. The number of rotatable bonds is 2. The van der Waals surface area contributed by atoms with Crippen LogP contribution in [0.2, 0.25) is 0 Å². The predicted molar refractivity (Wildman–Crippen MR) is 114 cm³/mol. The van der Waals surface area contributed by atoms with Gasteiger partial charge in [-0.15, -0.1) is 0 Å². The Morgan fingerprint density at radius 2 is 1.62 bits per heavy atom. The topological polar surface area (TPSA) is 53.0 Å². The van der Waals surface area contributed by atoms with Gasteiger partial charge < -0.3 is 14.7 Å². The molecule has 0 fully saturated rings. The number of hydrogen-bond acceptors (Lipinski definition) is 4. The average molecular weight is 386 g/mol. The first-order valence-corrected chi connectivity index (χ1v) is 9.81. The van der Waals surface area contributed by atoms with Crippen molar-refractivity contribution in [3.05, 3.63) is 77.9 Å². The van der Waals surface area contributed by atoms with Crippen LogP contribution in [0.4, 0.5) is 16.2 Å². The van der Waals surface area contributed by atoms with Gasteiger partial charge in [0.2, 0.25) is 0 Å². The van der Waals surface area contributed by atoms with E-state index in [9.17, 15) is 9.90 Å². The Balaban J connectivity index is 1.40. The zero-order chi connectivity index (χ0) is 20.0. The maximum atomic E-state index is 13.0. The van der Waals surface area contributed by atoms with Gasteiger partial charge in [-0.1, -0.05) is 54.6 Å². The van der Waals surface area contributed by atoms with Crippen molar-refractivity contribution < 1.29 is 14.6 Å². The van der Waals surface area contributed by atoms with E-state index in [0.717, 1.165) is 0 Å². The minimum atomic E-state index is -0.383. The summed E-state index contributed by atoms with van der Waals surface area (Å²) in [6.45, 7) is 1.44. The molecule has 5 heteroatoms. The maximum Gasteiger partial charge on any atom is 0.414 e. The van der Waals surface area contributed by atoms with Crippen molar-refractivity contribution in [2.24, 2.45) is 0 Å². The molecule has 0 spiro atoms. The minimum absolute atomic E-state index is 0.0301. The van der Waals surface area contributed by atoms with Crippen molar-refractivity contribution in [1.82, 2.24) is 0 Å². The number of benzene rings is 3. The number of carbonyl (C=O) groups excluding carboxylic acids is 1. The van der Waals surface area contributed by atoms with Crippen molar-refractivity contribution in [2.75, 3.05) is 36.5 Å². The Kier molecular flexibility index (Phi) is 4.16. The van der Waals surface area contributed by atoms with Gasteiger partial charge in [0.05, 0.1) is 5.69 Å². The number of carbonyl (C=O) groups is 1. The lowest BCUT2D eigenvalue weighted by Gasteiger charge is -2.35. The van der Waals surface area contributed by atoms with Gasteiger partial charge in [0.15, 0.2) is 0 Å². The summed E-state index contributed by atoms with van der Waals surface area (Å²) in [7, 11) is 1.91. The molecule has 1 amide bonds. The lowest BCUT2D eigenvalue weighted by molar-refractivity contribution is 0.150. The Morgan fingerprint density at radius 3 is 2.31 bits per heavy atom. The second kappa shape index (κ2) is 6.85. The van der Waals surface area contributed by atoms with E-state index in [0.29, 0.717) is 24.5 Å². The Morgan fingerprint density at radius 1 is 0.966 bits per heavy atom. The smallest absolute Gasteiger partial charge is 0.414 e. The van der Waals surface area contributed by atoms with E-state index in [-0.39, 0.29) is 24.4 Å². The molecule has 3 aromatic carbocycles. The van der Waals surface area contributed by atoms with Crippen LogP contribution in [-0.2, 0) is 4.74 Å². The van der Waals surface area contributed by atoms with Gasteiger partial charge in [-0.2, -0.15) is 0 Å². The first-order valence-electron chi connectivity index (χ1n) is 9.81. The number of phenols is 1. The molecule has 0 saturated carbocycles. The maximum absolute atomic E-state index is 13.0. The number of anilines is 2. The quantitative estimate of drug-likeness (QED) is 0.700. The van der Waals surface area contributed by atoms with Gasteiger partial charge in [0.25, 0.3) is 0 Å². The number of fused-ring (bicyclic) bond motifs is 4. The monoisotopic (exact) mass is 386 g/mol. The third-order valence-corrected chi connectivity index (χ3v) is 5.88. The molecule has 146 valence electrons. The third kappa shape index (κ3) is 2.81. The summed E-state index contributed by atoms with van der Waals surface area (Å²) in [5.41, 5.74) is 6.14. The summed E-state index contributed by atoms with van der Waals surface area (Å²) in [5, 5.41) is 10.2. The second-order valence-corrected chi connectivity index (χ2v) is 7.52. The third-order valence-electron chi connectivity index (χ3n) is 5.88. The lowest BCUT2D eigenvalue weighted by atomic mass is 9.98. The summed E-state index contributed by atoms with van der Waals surface area (Å²) in [6.07, 6.45) is -0.383. The highest BCUT2D eigenvalue weighted by Gasteiger charge is 2.32. The van der Waals surface area contributed by atoms with E-state index in [1.807, 2.05) is 42.3 Å². The second-order valence-electron chi connectivity index (χ2n) is 7.52. The molecule has 0 atom stereocenters.